The zero-order valence-electron chi connectivity index (χ0n) is 16.0. The van der Waals surface area contributed by atoms with Crippen molar-refractivity contribution in [2.45, 2.75) is 20.8 Å². The average Bonchev–Trinajstić information content (AvgIpc) is 2.67. The Bertz CT molecular complexity index is 1210. The van der Waals surface area contributed by atoms with E-state index in [1.54, 1.807) is 25.3 Å². The molecule has 0 atom stereocenters. The van der Waals surface area contributed by atoms with E-state index in [-0.39, 0.29) is 11.6 Å². The molecule has 4 aromatic rings. The number of fused-ring (bicyclic) bond motifs is 1. The normalized spacial score (nSPS) is 11.0. The Morgan fingerprint density at radius 1 is 0.929 bits per heavy atom. The molecule has 0 radical (unpaired) electrons. The molecule has 28 heavy (non-hydrogen) atoms. The molecule has 0 amide bonds. The Kier molecular flexibility index (Phi) is 4.47. The van der Waals surface area contributed by atoms with Crippen LogP contribution in [0.1, 0.15) is 28.5 Å². The number of benzene rings is 2. The number of halogens is 1. The van der Waals surface area contributed by atoms with E-state index in [9.17, 15) is 9.18 Å². The van der Waals surface area contributed by atoms with Crippen LogP contribution in [0.2, 0.25) is 0 Å². The molecule has 138 valence electrons. The van der Waals surface area contributed by atoms with Gasteiger partial charge in [0, 0.05) is 34.0 Å². The number of aryl methyl sites for hydroxylation is 2. The van der Waals surface area contributed by atoms with Crippen LogP contribution >= 0.6 is 0 Å². The van der Waals surface area contributed by atoms with E-state index < -0.39 is 0 Å². The van der Waals surface area contributed by atoms with Gasteiger partial charge in [-0.15, -0.1) is 0 Å². The molecule has 2 aromatic heterocycles. The van der Waals surface area contributed by atoms with Crippen molar-refractivity contribution in [1.82, 2.24) is 9.97 Å². The Labute approximate surface area is 162 Å². The largest absolute Gasteiger partial charge is 0.294 e. The number of hydrogen-bond acceptors (Lipinski definition) is 3. The van der Waals surface area contributed by atoms with Gasteiger partial charge < -0.3 is 0 Å². The van der Waals surface area contributed by atoms with Crippen molar-refractivity contribution in [1.29, 1.82) is 0 Å². The van der Waals surface area contributed by atoms with Crippen molar-refractivity contribution < 1.29 is 9.18 Å². The smallest absolute Gasteiger partial charge is 0.160 e. The van der Waals surface area contributed by atoms with Crippen LogP contribution in [0.25, 0.3) is 33.3 Å². The average molecular weight is 370 g/mol. The van der Waals surface area contributed by atoms with Crippen molar-refractivity contribution in [2.75, 3.05) is 0 Å². The first-order valence-corrected chi connectivity index (χ1v) is 9.07. The summed E-state index contributed by atoms with van der Waals surface area (Å²) in [5, 5.41) is 0.798. The molecule has 0 saturated carbocycles. The van der Waals surface area contributed by atoms with Crippen molar-refractivity contribution >= 4 is 16.7 Å². The van der Waals surface area contributed by atoms with Crippen LogP contribution in [0.4, 0.5) is 4.39 Å². The second kappa shape index (κ2) is 6.97. The SMILES string of the molecule is CC(=O)c1cc(C)cc2nc(-c3ccnc(C)c3)c(-c3ccc(F)cc3)cc12. The molecule has 0 bridgehead atoms. The third-order valence-electron chi connectivity index (χ3n) is 4.78. The van der Waals surface area contributed by atoms with Gasteiger partial charge in [0.1, 0.15) is 5.82 Å². The third-order valence-corrected chi connectivity index (χ3v) is 4.78. The lowest BCUT2D eigenvalue weighted by Gasteiger charge is -2.14. The van der Waals surface area contributed by atoms with Gasteiger partial charge in [-0.3, -0.25) is 9.78 Å². The van der Waals surface area contributed by atoms with Crippen LogP contribution in [-0.4, -0.2) is 15.8 Å². The highest BCUT2D eigenvalue weighted by atomic mass is 19.1. The van der Waals surface area contributed by atoms with E-state index in [0.717, 1.165) is 44.5 Å². The molecule has 0 aliphatic heterocycles. The molecule has 0 spiro atoms. The monoisotopic (exact) mass is 370 g/mol. The maximum atomic E-state index is 13.5. The number of nitrogens with zero attached hydrogens (tertiary/aromatic N) is 2. The molecule has 0 aliphatic carbocycles. The highest BCUT2D eigenvalue weighted by molar-refractivity contribution is 6.08. The first kappa shape index (κ1) is 18.0. The lowest BCUT2D eigenvalue weighted by atomic mass is 9.94. The second-order valence-corrected chi connectivity index (χ2v) is 7.01. The van der Waals surface area contributed by atoms with Gasteiger partial charge in [-0.25, -0.2) is 9.37 Å². The molecule has 0 N–H and O–H groups in total. The van der Waals surface area contributed by atoms with Gasteiger partial charge >= 0.3 is 0 Å². The van der Waals surface area contributed by atoms with E-state index in [1.807, 2.05) is 44.2 Å². The van der Waals surface area contributed by atoms with Gasteiger partial charge in [-0.1, -0.05) is 12.1 Å². The number of rotatable bonds is 3. The van der Waals surface area contributed by atoms with Crippen LogP contribution in [0.15, 0.2) is 60.8 Å². The molecule has 3 nitrogen and oxygen atoms in total. The van der Waals surface area contributed by atoms with Crippen LogP contribution in [0, 0.1) is 19.7 Å². The van der Waals surface area contributed by atoms with E-state index in [0.29, 0.717) is 5.56 Å². The summed E-state index contributed by atoms with van der Waals surface area (Å²) in [6, 6.07) is 16.1. The zero-order chi connectivity index (χ0) is 19.8. The number of carbonyl (C=O) groups is 1. The molecule has 0 saturated heterocycles. The fourth-order valence-corrected chi connectivity index (χ4v) is 3.47. The van der Waals surface area contributed by atoms with Gasteiger partial charge in [-0.2, -0.15) is 0 Å². The van der Waals surface area contributed by atoms with Gasteiger partial charge in [0.2, 0.25) is 0 Å². The van der Waals surface area contributed by atoms with Gasteiger partial charge in [0.15, 0.2) is 5.78 Å². The summed E-state index contributed by atoms with van der Waals surface area (Å²) in [4.78, 5) is 21.4. The van der Waals surface area contributed by atoms with Gasteiger partial charge in [0.25, 0.3) is 0 Å². The van der Waals surface area contributed by atoms with Crippen molar-refractivity contribution in [3.63, 3.8) is 0 Å². The molecule has 0 aliphatic rings. The summed E-state index contributed by atoms with van der Waals surface area (Å²) in [5.74, 6) is -0.299. The number of hydrogen-bond donors (Lipinski definition) is 0. The summed E-state index contributed by atoms with van der Waals surface area (Å²) in [6.07, 6.45) is 1.75. The van der Waals surface area contributed by atoms with Crippen molar-refractivity contribution in [3.8, 4) is 22.4 Å². The standard InChI is InChI=1S/C24H19FN2O/c1-14-10-20(16(3)28)22-13-21(17-4-6-19(25)7-5-17)24(27-23(22)11-14)18-8-9-26-15(2)12-18/h4-13H,1-3H3. The number of Topliss-reactive ketones (excluding diaryl/α,β-unsaturated/α-hetero) is 1. The highest BCUT2D eigenvalue weighted by Crippen LogP contribution is 2.35. The predicted molar refractivity (Wildman–Crippen MR) is 110 cm³/mol. The molecule has 2 heterocycles. The topological polar surface area (TPSA) is 42.9 Å². The first-order chi connectivity index (χ1) is 13.4. The lowest BCUT2D eigenvalue weighted by molar-refractivity contribution is 0.101. The molecule has 4 heteroatoms. The quantitative estimate of drug-likeness (QED) is 0.420. The van der Waals surface area contributed by atoms with Gasteiger partial charge in [-0.05, 0) is 74.4 Å². The molecule has 0 unspecified atom stereocenters. The molecular formula is C24H19FN2O. The highest BCUT2D eigenvalue weighted by Gasteiger charge is 2.16. The second-order valence-electron chi connectivity index (χ2n) is 7.01. The molecule has 4 rings (SSSR count). The van der Waals surface area contributed by atoms with E-state index in [4.69, 9.17) is 4.98 Å². The van der Waals surface area contributed by atoms with Crippen LogP contribution in [-0.2, 0) is 0 Å². The Hall–Kier alpha value is -3.40. The minimum Gasteiger partial charge on any atom is -0.294 e. The maximum Gasteiger partial charge on any atom is 0.160 e. The Balaban J connectivity index is 2.09. The Morgan fingerprint density at radius 2 is 1.68 bits per heavy atom. The fourth-order valence-electron chi connectivity index (χ4n) is 3.47. The zero-order valence-corrected chi connectivity index (χ0v) is 16.0. The van der Waals surface area contributed by atoms with Crippen LogP contribution in [0.3, 0.4) is 0 Å². The minimum atomic E-state index is -0.293. The number of carbonyl (C=O) groups excluding carboxylic acids is 1. The van der Waals surface area contributed by atoms with E-state index >= 15 is 0 Å². The summed E-state index contributed by atoms with van der Waals surface area (Å²) in [5.41, 5.74) is 6.68. The summed E-state index contributed by atoms with van der Waals surface area (Å²) in [6.45, 7) is 5.45. The maximum absolute atomic E-state index is 13.5. The summed E-state index contributed by atoms with van der Waals surface area (Å²) in [7, 11) is 0. The van der Waals surface area contributed by atoms with Crippen LogP contribution < -0.4 is 0 Å². The van der Waals surface area contributed by atoms with Gasteiger partial charge in [0.05, 0.1) is 11.2 Å². The fraction of sp³-hybridized carbons (Fsp3) is 0.125. The minimum absolute atomic E-state index is 0.00642. The van der Waals surface area contributed by atoms with Crippen LogP contribution in [0.5, 0.6) is 0 Å². The summed E-state index contributed by atoms with van der Waals surface area (Å²) < 4.78 is 13.5. The Morgan fingerprint density at radius 3 is 2.36 bits per heavy atom. The molecule has 2 aromatic carbocycles. The lowest BCUT2D eigenvalue weighted by Crippen LogP contribution is -1.99. The molecular weight excluding hydrogens is 351 g/mol. The third kappa shape index (κ3) is 3.29. The summed E-state index contributed by atoms with van der Waals surface area (Å²) >= 11 is 0. The van der Waals surface area contributed by atoms with E-state index in [1.165, 1.54) is 12.1 Å². The van der Waals surface area contributed by atoms with E-state index in [2.05, 4.69) is 4.98 Å². The number of aromatic nitrogens is 2. The van der Waals surface area contributed by atoms with Crippen molar-refractivity contribution in [3.05, 3.63) is 83.4 Å². The molecule has 0 fully saturated rings. The predicted octanol–water partition coefficient (Wildman–Crippen LogP) is 5.92. The number of ketones is 1. The first-order valence-electron chi connectivity index (χ1n) is 9.07. The van der Waals surface area contributed by atoms with Crippen molar-refractivity contribution in [2.24, 2.45) is 0 Å². The number of pyridine rings is 2.